The van der Waals surface area contributed by atoms with Crippen LogP contribution >= 0.6 is 7.60 Å². The van der Waals surface area contributed by atoms with E-state index in [0.717, 1.165) is 26.4 Å². The summed E-state index contributed by atoms with van der Waals surface area (Å²) in [5.74, 6) is -2.22. The first kappa shape index (κ1) is 32.5. The lowest BCUT2D eigenvalue weighted by molar-refractivity contribution is -0.0529. The maximum Gasteiger partial charge on any atom is 0.367 e. The van der Waals surface area contributed by atoms with Gasteiger partial charge >= 0.3 is 7.60 Å². The van der Waals surface area contributed by atoms with Crippen molar-refractivity contribution in [2.24, 2.45) is 5.73 Å². The Morgan fingerprint density at radius 3 is 2.58 bits per heavy atom. The fraction of sp³-hybridized carbons (Fsp3) is 0.407. The van der Waals surface area contributed by atoms with E-state index in [4.69, 9.17) is 25.3 Å². The fourth-order valence-electron chi connectivity index (χ4n) is 5.22. The summed E-state index contributed by atoms with van der Waals surface area (Å²) >= 11 is 0. The molecule has 0 unspecified atom stereocenters. The third-order valence-corrected chi connectivity index (χ3v) is 9.25. The Labute approximate surface area is 254 Å². The molecule has 0 saturated carbocycles. The minimum atomic E-state index is -3.67. The van der Waals surface area contributed by atoms with Crippen LogP contribution in [-0.4, -0.2) is 81.3 Å². The summed E-state index contributed by atoms with van der Waals surface area (Å²) in [6.45, 7) is 0.372. The van der Waals surface area contributed by atoms with Crippen molar-refractivity contribution in [3.05, 3.63) is 54.2 Å². The first-order chi connectivity index (χ1) is 21.4. The molecule has 1 aromatic carbocycles. The summed E-state index contributed by atoms with van der Waals surface area (Å²) < 4.78 is 86.1. The number of rotatable bonds is 11. The van der Waals surface area contributed by atoms with Gasteiger partial charge < -0.3 is 39.8 Å². The standard InChI is InChI=1S/C27H31F4N8O5P/c1-42-45(41,43-2)14-44-21-8-17(28)16(7-18(21)29)19-6-15(10-39-13-37-22-25(32)35-12-36-26(22)39)20(9-34-19)38-5-3-4-27(33,11-38)23(40)24(30)31/h6-9,12-13,23-24,40H,3-5,10-11,14,33H2,1-2H3,(H2,32,35,36)/t23-,27-/m1/s1. The second-order valence-electron chi connectivity index (χ2n) is 10.6. The molecule has 1 saturated heterocycles. The van der Waals surface area contributed by atoms with Gasteiger partial charge in [0.15, 0.2) is 29.4 Å². The van der Waals surface area contributed by atoms with Gasteiger partial charge in [0.25, 0.3) is 6.43 Å². The van der Waals surface area contributed by atoms with E-state index in [1.807, 2.05) is 0 Å². The number of pyridine rings is 1. The molecule has 5 N–H and O–H groups in total. The predicted octanol–water partition coefficient (Wildman–Crippen LogP) is 3.54. The zero-order valence-electron chi connectivity index (χ0n) is 24.2. The number of nitrogens with zero attached hydrogens (tertiary/aromatic N) is 6. The number of hydrogen-bond donors (Lipinski definition) is 3. The minimum Gasteiger partial charge on any atom is -0.478 e. The Morgan fingerprint density at radius 2 is 1.87 bits per heavy atom. The second-order valence-corrected chi connectivity index (χ2v) is 12.8. The van der Waals surface area contributed by atoms with Crippen molar-refractivity contribution in [2.75, 3.05) is 44.3 Å². The zero-order valence-corrected chi connectivity index (χ0v) is 25.1. The van der Waals surface area contributed by atoms with Crippen LogP contribution in [-0.2, 0) is 20.2 Å². The van der Waals surface area contributed by atoms with E-state index in [2.05, 4.69) is 19.9 Å². The lowest BCUT2D eigenvalue weighted by atomic mass is 9.84. The molecule has 1 fully saturated rings. The number of aromatic nitrogens is 5. The molecule has 4 aromatic rings. The number of alkyl halides is 2. The highest BCUT2D eigenvalue weighted by Gasteiger charge is 2.43. The summed E-state index contributed by atoms with van der Waals surface area (Å²) in [5, 5.41) is 10.2. The number of benzene rings is 1. The number of aliphatic hydroxyl groups excluding tert-OH is 1. The van der Waals surface area contributed by atoms with E-state index in [1.54, 1.807) is 9.47 Å². The molecule has 0 radical (unpaired) electrons. The molecule has 0 bridgehead atoms. The van der Waals surface area contributed by atoms with Gasteiger partial charge in [0.05, 0.1) is 36.0 Å². The van der Waals surface area contributed by atoms with Crippen LogP contribution in [0.15, 0.2) is 37.1 Å². The number of imidazole rings is 1. The fourth-order valence-corrected chi connectivity index (χ4v) is 5.88. The molecular formula is C27H31F4N8O5P. The summed E-state index contributed by atoms with van der Waals surface area (Å²) in [7, 11) is -1.40. The van der Waals surface area contributed by atoms with Crippen LogP contribution < -0.4 is 21.1 Å². The summed E-state index contributed by atoms with van der Waals surface area (Å²) in [6.07, 6.45) is -1.03. The van der Waals surface area contributed by atoms with Crippen molar-refractivity contribution in [1.29, 1.82) is 0 Å². The minimum absolute atomic E-state index is 0.0401. The van der Waals surface area contributed by atoms with E-state index in [-0.39, 0.29) is 36.6 Å². The molecule has 1 aliphatic heterocycles. The summed E-state index contributed by atoms with van der Waals surface area (Å²) in [4.78, 5) is 18.5. The largest absolute Gasteiger partial charge is 0.478 e. The van der Waals surface area contributed by atoms with E-state index in [1.165, 1.54) is 24.9 Å². The molecule has 18 heteroatoms. The van der Waals surface area contributed by atoms with Gasteiger partial charge in [-0.15, -0.1) is 0 Å². The molecule has 242 valence electrons. The van der Waals surface area contributed by atoms with Gasteiger partial charge in [-0.1, -0.05) is 0 Å². The maximum absolute atomic E-state index is 15.4. The van der Waals surface area contributed by atoms with Crippen molar-refractivity contribution in [1.82, 2.24) is 24.5 Å². The van der Waals surface area contributed by atoms with Crippen molar-refractivity contribution >= 4 is 30.3 Å². The topological polar surface area (TPSA) is 177 Å². The molecule has 5 rings (SSSR count). The first-order valence-electron chi connectivity index (χ1n) is 13.6. The third kappa shape index (κ3) is 6.58. The van der Waals surface area contributed by atoms with Crippen LogP contribution in [0.5, 0.6) is 5.75 Å². The quantitative estimate of drug-likeness (QED) is 0.159. The third-order valence-electron chi connectivity index (χ3n) is 7.69. The van der Waals surface area contributed by atoms with Gasteiger partial charge in [0, 0.05) is 38.9 Å². The number of anilines is 2. The Balaban J connectivity index is 1.54. The van der Waals surface area contributed by atoms with Crippen molar-refractivity contribution < 1.29 is 41.0 Å². The molecule has 13 nitrogen and oxygen atoms in total. The van der Waals surface area contributed by atoms with Crippen molar-refractivity contribution in [3.63, 3.8) is 0 Å². The molecule has 3 aromatic heterocycles. The Morgan fingerprint density at radius 1 is 1.11 bits per heavy atom. The SMILES string of the molecule is COP(=O)(COc1cc(F)c(-c2cc(Cn3cnc4c(N)ncnc43)c(N3CCC[C@](N)([C@H](O)C(F)F)C3)cn2)cc1F)OC. The Hall–Kier alpha value is -3.89. The molecule has 0 aliphatic carbocycles. The average Bonchev–Trinajstić information content (AvgIpc) is 3.44. The van der Waals surface area contributed by atoms with E-state index >= 15 is 8.78 Å². The van der Waals surface area contributed by atoms with Gasteiger partial charge in [0.1, 0.15) is 23.8 Å². The molecule has 45 heavy (non-hydrogen) atoms. The second kappa shape index (κ2) is 12.8. The highest BCUT2D eigenvalue weighted by Crippen LogP contribution is 2.46. The number of piperidine rings is 1. The lowest BCUT2D eigenvalue weighted by Crippen LogP contribution is -2.63. The highest BCUT2D eigenvalue weighted by molar-refractivity contribution is 7.53. The number of aliphatic hydroxyl groups is 1. The van der Waals surface area contributed by atoms with Gasteiger partial charge in [-0.05, 0) is 30.5 Å². The van der Waals surface area contributed by atoms with Crippen LogP contribution in [0.2, 0.25) is 0 Å². The molecule has 1 aliphatic rings. The van der Waals surface area contributed by atoms with Gasteiger partial charge in [0.2, 0.25) is 0 Å². The smallest absolute Gasteiger partial charge is 0.367 e. The van der Waals surface area contributed by atoms with Crippen LogP contribution in [0.4, 0.5) is 29.1 Å². The molecular weight excluding hydrogens is 623 g/mol. The van der Waals surface area contributed by atoms with E-state index < -0.39 is 49.4 Å². The number of nitrogen functional groups attached to an aromatic ring is 1. The predicted molar refractivity (Wildman–Crippen MR) is 156 cm³/mol. The summed E-state index contributed by atoms with van der Waals surface area (Å²) in [5.41, 5.74) is 12.2. The lowest BCUT2D eigenvalue weighted by Gasteiger charge is -2.44. The highest BCUT2D eigenvalue weighted by atomic mass is 31.2. The van der Waals surface area contributed by atoms with Gasteiger partial charge in [-0.25, -0.2) is 32.5 Å². The average molecular weight is 655 g/mol. The Bertz CT molecular complexity index is 1740. The van der Waals surface area contributed by atoms with Crippen LogP contribution in [0.1, 0.15) is 18.4 Å². The van der Waals surface area contributed by atoms with Crippen molar-refractivity contribution in [3.8, 4) is 17.0 Å². The zero-order chi connectivity index (χ0) is 32.5. The first-order valence-corrected chi connectivity index (χ1v) is 15.3. The summed E-state index contributed by atoms with van der Waals surface area (Å²) in [6, 6.07) is 3.19. The maximum atomic E-state index is 15.4. The molecule has 2 atom stereocenters. The van der Waals surface area contributed by atoms with Crippen LogP contribution in [0.3, 0.4) is 0 Å². The Kier molecular flexibility index (Phi) is 9.28. The van der Waals surface area contributed by atoms with E-state index in [0.29, 0.717) is 35.4 Å². The molecule has 0 spiro atoms. The number of nitrogens with two attached hydrogens (primary N) is 2. The normalized spacial score (nSPS) is 18.1. The van der Waals surface area contributed by atoms with E-state index in [9.17, 15) is 18.5 Å². The van der Waals surface area contributed by atoms with Crippen LogP contribution in [0.25, 0.3) is 22.4 Å². The van der Waals surface area contributed by atoms with Gasteiger partial charge in [-0.2, -0.15) is 0 Å². The number of halogens is 4. The molecule has 0 amide bonds. The van der Waals surface area contributed by atoms with Crippen molar-refractivity contribution in [2.45, 2.75) is 37.5 Å². The number of fused-ring (bicyclic) bond motifs is 1. The number of hydrogen-bond acceptors (Lipinski definition) is 12. The van der Waals surface area contributed by atoms with Gasteiger partial charge in [-0.3, -0.25) is 9.55 Å². The monoisotopic (exact) mass is 654 g/mol. The van der Waals surface area contributed by atoms with Crippen LogP contribution in [0, 0.1) is 11.6 Å². The molecule has 4 heterocycles. The number of ether oxygens (including phenoxy) is 1.